The highest BCUT2D eigenvalue weighted by Gasteiger charge is 2.21. The minimum absolute atomic E-state index is 0.0391. The Hall–Kier alpha value is -3.94. The Morgan fingerprint density at radius 2 is 1.83 bits per heavy atom. The summed E-state index contributed by atoms with van der Waals surface area (Å²) < 4.78 is 11.7. The average molecular weight is 393 g/mol. The molecule has 0 aliphatic carbocycles. The van der Waals surface area contributed by atoms with Crippen LogP contribution in [0.3, 0.4) is 0 Å². The fourth-order valence-electron chi connectivity index (χ4n) is 2.57. The molecular weight excluding hydrogens is 374 g/mol. The summed E-state index contributed by atoms with van der Waals surface area (Å²) in [5, 5.41) is 6.77. The van der Waals surface area contributed by atoms with Crippen molar-refractivity contribution >= 4 is 23.3 Å². The number of amides is 1. The van der Waals surface area contributed by atoms with E-state index in [0.717, 1.165) is 5.69 Å². The van der Waals surface area contributed by atoms with Crippen LogP contribution in [0.25, 0.3) is 5.69 Å². The van der Waals surface area contributed by atoms with Gasteiger partial charge in [-0.05, 0) is 31.2 Å². The number of hydrogen-bond acceptors (Lipinski definition) is 6. The molecule has 0 unspecified atom stereocenters. The van der Waals surface area contributed by atoms with E-state index in [9.17, 15) is 14.4 Å². The van der Waals surface area contributed by atoms with Crippen LogP contribution in [0.4, 0.5) is 5.69 Å². The number of benzene rings is 2. The highest BCUT2D eigenvalue weighted by atomic mass is 16.5. The SMILES string of the molecule is COc1cn(-c2ccccc2)nc1C(=O)OCC(=O)Nc1cccc(C(C)=O)c1. The molecule has 0 saturated carbocycles. The maximum Gasteiger partial charge on any atom is 0.363 e. The van der Waals surface area contributed by atoms with Gasteiger partial charge in [0.05, 0.1) is 19.0 Å². The van der Waals surface area contributed by atoms with Gasteiger partial charge in [-0.15, -0.1) is 0 Å². The molecule has 8 heteroatoms. The second-order valence-electron chi connectivity index (χ2n) is 6.09. The maximum atomic E-state index is 12.4. The number of rotatable bonds is 7. The van der Waals surface area contributed by atoms with Crippen molar-refractivity contribution in [3.05, 3.63) is 72.1 Å². The van der Waals surface area contributed by atoms with Gasteiger partial charge in [0.2, 0.25) is 5.69 Å². The smallest absolute Gasteiger partial charge is 0.363 e. The summed E-state index contributed by atoms with van der Waals surface area (Å²) >= 11 is 0. The van der Waals surface area contributed by atoms with Crippen molar-refractivity contribution in [2.45, 2.75) is 6.92 Å². The Morgan fingerprint density at radius 3 is 2.52 bits per heavy atom. The molecular formula is C21H19N3O5. The summed E-state index contributed by atoms with van der Waals surface area (Å²) in [6.07, 6.45) is 1.55. The van der Waals surface area contributed by atoms with Crippen molar-refractivity contribution in [2.24, 2.45) is 0 Å². The molecule has 0 fully saturated rings. The van der Waals surface area contributed by atoms with E-state index in [1.165, 1.54) is 18.7 Å². The molecule has 3 rings (SSSR count). The molecule has 1 heterocycles. The molecule has 0 aliphatic rings. The first-order chi connectivity index (χ1) is 14.0. The lowest BCUT2D eigenvalue weighted by Crippen LogP contribution is -2.21. The Kier molecular flexibility index (Phi) is 6.03. The molecule has 148 valence electrons. The summed E-state index contributed by atoms with van der Waals surface area (Å²) in [5.74, 6) is -1.22. The molecule has 0 radical (unpaired) electrons. The number of esters is 1. The van der Waals surface area contributed by atoms with E-state index in [4.69, 9.17) is 9.47 Å². The molecule has 3 aromatic rings. The lowest BCUT2D eigenvalue weighted by molar-refractivity contribution is -0.119. The molecule has 0 aliphatic heterocycles. The van der Waals surface area contributed by atoms with E-state index in [-0.39, 0.29) is 17.2 Å². The number of methoxy groups -OCH3 is 1. The quantitative estimate of drug-likeness (QED) is 0.489. The third-order valence-corrected chi connectivity index (χ3v) is 4.00. The Balaban J connectivity index is 1.64. The Labute approximate surface area is 167 Å². The number of anilines is 1. The number of nitrogens with one attached hydrogen (secondary N) is 1. The first kappa shape index (κ1) is 19.8. The van der Waals surface area contributed by atoms with Gasteiger partial charge in [-0.2, -0.15) is 5.10 Å². The van der Waals surface area contributed by atoms with E-state index in [2.05, 4.69) is 10.4 Å². The summed E-state index contributed by atoms with van der Waals surface area (Å²) in [6.45, 7) is 0.926. The number of carbonyl (C=O) groups excluding carboxylic acids is 3. The first-order valence-corrected chi connectivity index (χ1v) is 8.75. The third kappa shape index (κ3) is 4.86. The topological polar surface area (TPSA) is 99.5 Å². The molecule has 1 amide bonds. The van der Waals surface area contributed by atoms with Crippen LogP contribution in [-0.2, 0) is 9.53 Å². The zero-order valence-corrected chi connectivity index (χ0v) is 15.9. The van der Waals surface area contributed by atoms with Crippen molar-refractivity contribution in [2.75, 3.05) is 19.0 Å². The predicted molar refractivity (Wildman–Crippen MR) is 105 cm³/mol. The lowest BCUT2D eigenvalue weighted by atomic mass is 10.1. The van der Waals surface area contributed by atoms with Gasteiger partial charge in [0, 0.05) is 11.3 Å². The molecule has 0 bridgehead atoms. The van der Waals surface area contributed by atoms with E-state index >= 15 is 0 Å². The largest absolute Gasteiger partial charge is 0.493 e. The summed E-state index contributed by atoms with van der Waals surface area (Å²) in [7, 11) is 1.41. The normalized spacial score (nSPS) is 10.3. The minimum atomic E-state index is -0.788. The molecule has 1 N–H and O–H groups in total. The standard InChI is InChI=1S/C21H19N3O5/c1-14(25)15-7-6-8-16(11-15)22-19(26)13-29-21(27)20-18(28-2)12-24(23-20)17-9-4-3-5-10-17/h3-12H,13H2,1-2H3,(H,22,26). The van der Waals surface area contributed by atoms with Gasteiger partial charge in [0.1, 0.15) is 0 Å². The van der Waals surface area contributed by atoms with Crippen LogP contribution in [0.15, 0.2) is 60.8 Å². The molecule has 1 aromatic heterocycles. The van der Waals surface area contributed by atoms with Crippen molar-refractivity contribution < 1.29 is 23.9 Å². The number of carbonyl (C=O) groups is 3. The van der Waals surface area contributed by atoms with Crippen molar-refractivity contribution in [3.8, 4) is 11.4 Å². The van der Waals surface area contributed by atoms with Crippen LogP contribution in [0.1, 0.15) is 27.8 Å². The molecule has 8 nitrogen and oxygen atoms in total. The summed E-state index contributed by atoms with van der Waals surface area (Å²) in [6, 6.07) is 15.7. The summed E-state index contributed by atoms with van der Waals surface area (Å²) in [4.78, 5) is 35.9. The molecule has 2 aromatic carbocycles. The fourth-order valence-corrected chi connectivity index (χ4v) is 2.57. The van der Waals surface area contributed by atoms with Crippen LogP contribution >= 0.6 is 0 Å². The highest BCUT2D eigenvalue weighted by Crippen LogP contribution is 2.20. The number of ketones is 1. The number of para-hydroxylation sites is 1. The van der Waals surface area contributed by atoms with Crippen molar-refractivity contribution in [1.29, 1.82) is 0 Å². The third-order valence-electron chi connectivity index (χ3n) is 4.00. The van der Waals surface area contributed by atoms with Gasteiger partial charge in [-0.3, -0.25) is 9.59 Å². The maximum absolute atomic E-state index is 12.4. The Morgan fingerprint density at radius 1 is 1.07 bits per heavy atom. The van der Waals surface area contributed by atoms with E-state index in [1.807, 2.05) is 30.3 Å². The van der Waals surface area contributed by atoms with Crippen molar-refractivity contribution in [3.63, 3.8) is 0 Å². The van der Waals surface area contributed by atoms with E-state index in [1.54, 1.807) is 30.5 Å². The van der Waals surface area contributed by atoms with Gasteiger partial charge in [-0.1, -0.05) is 30.3 Å². The zero-order valence-electron chi connectivity index (χ0n) is 15.9. The van der Waals surface area contributed by atoms with Crippen LogP contribution < -0.4 is 10.1 Å². The average Bonchev–Trinajstić information content (AvgIpc) is 3.17. The number of hydrogen-bond donors (Lipinski definition) is 1. The monoisotopic (exact) mass is 393 g/mol. The zero-order chi connectivity index (χ0) is 20.8. The van der Waals surface area contributed by atoms with Gasteiger partial charge in [-0.25, -0.2) is 9.48 Å². The number of nitrogens with zero attached hydrogens (tertiary/aromatic N) is 2. The molecule has 0 atom stereocenters. The van der Waals surface area contributed by atoms with Crippen LogP contribution in [0.5, 0.6) is 5.75 Å². The number of aromatic nitrogens is 2. The van der Waals surface area contributed by atoms with Crippen molar-refractivity contribution in [1.82, 2.24) is 9.78 Å². The van der Waals surface area contributed by atoms with Gasteiger partial charge >= 0.3 is 5.97 Å². The molecule has 0 saturated heterocycles. The second-order valence-corrected chi connectivity index (χ2v) is 6.09. The second kappa shape index (κ2) is 8.83. The van der Waals surface area contributed by atoms with Gasteiger partial charge in [0.15, 0.2) is 18.1 Å². The number of Topliss-reactive ketones (excluding diaryl/α,β-unsaturated/α-hetero) is 1. The van der Waals surface area contributed by atoms with E-state index in [0.29, 0.717) is 11.3 Å². The Bertz CT molecular complexity index is 1040. The van der Waals surface area contributed by atoms with Crippen LogP contribution in [0.2, 0.25) is 0 Å². The van der Waals surface area contributed by atoms with E-state index < -0.39 is 18.5 Å². The fraction of sp³-hybridized carbons (Fsp3) is 0.143. The predicted octanol–water partition coefficient (Wildman–Crippen LogP) is 2.88. The van der Waals surface area contributed by atoms with Crippen LogP contribution in [-0.4, -0.2) is 41.2 Å². The van der Waals surface area contributed by atoms with Gasteiger partial charge < -0.3 is 14.8 Å². The lowest BCUT2D eigenvalue weighted by Gasteiger charge is -2.07. The van der Waals surface area contributed by atoms with Crippen LogP contribution in [0, 0.1) is 0 Å². The molecule has 29 heavy (non-hydrogen) atoms. The first-order valence-electron chi connectivity index (χ1n) is 8.75. The molecule has 0 spiro atoms. The summed E-state index contributed by atoms with van der Waals surface area (Å²) in [5.41, 5.74) is 1.61. The number of ether oxygens (including phenoxy) is 2. The van der Waals surface area contributed by atoms with Gasteiger partial charge in [0.25, 0.3) is 5.91 Å². The highest BCUT2D eigenvalue weighted by molar-refractivity contribution is 5.98. The minimum Gasteiger partial charge on any atom is -0.493 e.